The van der Waals surface area contributed by atoms with Crippen molar-refractivity contribution in [1.82, 2.24) is 4.90 Å². The number of anilines is 1. The largest absolute Gasteiger partial charge is 0.337 e. The molecule has 2 aromatic carbocycles. The fourth-order valence-electron chi connectivity index (χ4n) is 2.10. The molecule has 0 aliphatic heterocycles. The van der Waals surface area contributed by atoms with Crippen LogP contribution < -0.4 is 5.32 Å². The molecule has 23 heavy (non-hydrogen) atoms. The Balaban J connectivity index is 2.06. The van der Waals surface area contributed by atoms with E-state index in [1.807, 2.05) is 6.07 Å². The summed E-state index contributed by atoms with van der Waals surface area (Å²) in [4.78, 5) is 25.0. The summed E-state index contributed by atoms with van der Waals surface area (Å²) in [5.41, 5.74) is 2.09. The van der Waals surface area contributed by atoms with Crippen molar-refractivity contribution in [2.45, 2.75) is 13.5 Å². The van der Waals surface area contributed by atoms with Crippen molar-refractivity contribution >= 4 is 40.7 Å². The quantitative estimate of drug-likeness (QED) is 0.896. The Labute approximate surface area is 145 Å². The number of rotatable bonds is 4. The van der Waals surface area contributed by atoms with Crippen LogP contribution in [-0.2, 0) is 11.3 Å². The van der Waals surface area contributed by atoms with Gasteiger partial charge in [-0.15, -0.1) is 0 Å². The molecule has 0 heterocycles. The summed E-state index contributed by atoms with van der Waals surface area (Å²) in [7, 11) is 1.71. The third-order valence-electron chi connectivity index (χ3n) is 3.20. The number of carbonyl (C=O) groups excluding carboxylic acids is 2. The third-order valence-corrected chi connectivity index (χ3v) is 3.94. The molecule has 0 saturated carbocycles. The van der Waals surface area contributed by atoms with E-state index in [-0.39, 0.29) is 11.8 Å². The molecule has 0 atom stereocenters. The van der Waals surface area contributed by atoms with Crippen LogP contribution in [0.4, 0.5) is 5.69 Å². The Kier molecular flexibility index (Phi) is 5.64. The SMILES string of the molecule is CC(=O)Nc1ccc(C(=O)N(C)Cc2ccc(Cl)c(Cl)c2)cc1. The normalized spacial score (nSPS) is 10.3. The van der Waals surface area contributed by atoms with E-state index in [1.54, 1.807) is 48.3 Å². The van der Waals surface area contributed by atoms with E-state index < -0.39 is 0 Å². The molecule has 2 aromatic rings. The molecule has 0 aromatic heterocycles. The van der Waals surface area contributed by atoms with Gasteiger partial charge in [-0.3, -0.25) is 9.59 Å². The lowest BCUT2D eigenvalue weighted by Crippen LogP contribution is -2.26. The van der Waals surface area contributed by atoms with Crippen LogP contribution in [-0.4, -0.2) is 23.8 Å². The summed E-state index contributed by atoms with van der Waals surface area (Å²) in [5.74, 6) is -0.272. The first kappa shape index (κ1) is 17.3. The molecule has 0 fully saturated rings. The second-order valence-corrected chi connectivity index (χ2v) is 5.98. The average molecular weight is 351 g/mol. The number of nitrogens with zero attached hydrogens (tertiary/aromatic N) is 1. The molecule has 0 spiro atoms. The minimum absolute atomic E-state index is 0.120. The zero-order chi connectivity index (χ0) is 17.0. The minimum Gasteiger partial charge on any atom is -0.337 e. The van der Waals surface area contributed by atoms with Crippen LogP contribution in [0, 0.1) is 0 Å². The van der Waals surface area contributed by atoms with E-state index in [4.69, 9.17) is 23.2 Å². The molecule has 4 nitrogen and oxygen atoms in total. The molecule has 0 radical (unpaired) electrons. The van der Waals surface area contributed by atoms with Gasteiger partial charge in [-0.25, -0.2) is 0 Å². The number of amides is 2. The van der Waals surface area contributed by atoms with Crippen LogP contribution in [0.25, 0.3) is 0 Å². The Bertz CT molecular complexity index is 730. The fraction of sp³-hybridized carbons (Fsp3) is 0.176. The highest BCUT2D eigenvalue weighted by molar-refractivity contribution is 6.42. The summed E-state index contributed by atoms with van der Waals surface area (Å²) in [6, 6.07) is 12.0. The number of hydrogen-bond acceptors (Lipinski definition) is 2. The van der Waals surface area contributed by atoms with Crippen LogP contribution >= 0.6 is 23.2 Å². The Hall–Kier alpha value is -2.04. The second kappa shape index (κ2) is 7.49. The van der Waals surface area contributed by atoms with Crippen LogP contribution in [0.15, 0.2) is 42.5 Å². The third kappa shape index (κ3) is 4.71. The first-order valence-corrected chi connectivity index (χ1v) is 7.69. The maximum atomic E-state index is 12.4. The van der Waals surface area contributed by atoms with Gasteiger partial charge in [0.25, 0.3) is 5.91 Å². The highest BCUT2D eigenvalue weighted by Gasteiger charge is 2.12. The Morgan fingerprint density at radius 3 is 2.26 bits per heavy atom. The fourth-order valence-corrected chi connectivity index (χ4v) is 2.42. The summed E-state index contributed by atoms with van der Waals surface area (Å²) in [6.45, 7) is 1.85. The molecule has 2 rings (SSSR count). The molecule has 0 aliphatic carbocycles. The molecule has 0 aliphatic rings. The molecule has 0 bridgehead atoms. The number of benzene rings is 2. The molecule has 1 N–H and O–H groups in total. The van der Waals surface area contributed by atoms with Crippen LogP contribution in [0.5, 0.6) is 0 Å². The molecule has 0 unspecified atom stereocenters. The first-order valence-electron chi connectivity index (χ1n) is 6.94. The molecule has 2 amide bonds. The van der Waals surface area contributed by atoms with E-state index in [1.165, 1.54) is 6.92 Å². The van der Waals surface area contributed by atoms with Crippen molar-refractivity contribution < 1.29 is 9.59 Å². The van der Waals surface area contributed by atoms with Gasteiger partial charge in [-0.05, 0) is 42.0 Å². The smallest absolute Gasteiger partial charge is 0.253 e. The predicted octanol–water partition coefficient (Wildman–Crippen LogP) is 4.22. The maximum absolute atomic E-state index is 12.4. The van der Waals surface area contributed by atoms with Crippen molar-refractivity contribution in [3.8, 4) is 0 Å². The van der Waals surface area contributed by atoms with E-state index in [9.17, 15) is 9.59 Å². The first-order chi connectivity index (χ1) is 10.9. The van der Waals surface area contributed by atoms with Gasteiger partial charge in [0.2, 0.25) is 5.91 Å². The van der Waals surface area contributed by atoms with E-state index in [0.717, 1.165) is 5.56 Å². The Morgan fingerprint density at radius 2 is 1.70 bits per heavy atom. The van der Waals surface area contributed by atoms with Crippen molar-refractivity contribution in [3.05, 3.63) is 63.6 Å². The van der Waals surface area contributed by atoms with Crippen molar-refractivity contribution in [2.75, 3.05) is 12.4 Å². The van der Waals surface area contributed by atoms with Crippen LogP contribution in [0.3, 0.4) is 0 Å². The zero-order valence-electron chi connectivity index (χ0n) is 12.8. The lowest BCUT2D eigenvalue weighted by atomic mass is 10.1. The van der Waals surface area contributed by atoms with Gasteiger partial charge in [0, 0.05) is 31.8 Å². The topological polar surface area (TPSA) is 49.4 Å². The molecule has 6 heteroatoms. The predicted molar refractivity (Wildman–Crippen MR) is 93.0 cm³/mol. The van der Waals surface area contributed by atoms with E-state index in [2.05, 4.69) is 5.32 Å². The number of hydrogen-bond donors (Lipinski definition) is 1. The van der Waals surface area contributed by atoms with Crippen LogP contribution in [0.1, 0.15) is 22.8 Å². The monoisotopic (exact) mass is 350 g/mol. The second-order valence-electron chi connectivity index (χ2n) is 5.17. The minimum atomic E-state index is -0.152. The molecular formula is C17H16Cl2N2O2. The van der Waals surface area contributed by atoms with E-state index >= 15 is 0 Å². The molecule has 120 valence electrons. The van der Waals surface area contributed by atoms with Gasteiger partial charge >= 0.3 is 0 Å². The van der Waals surface area contributed by atoms with Crippen LogP contribution in [0.2, 0.25) is 10.0 Å². The van der Waals surface area contributed by atoms with Gasteiger partial charge in [0.1, 0.15) is 0 Å². The van der Waals surface area contributed by atoms with Crippen molar-refractivity contribution in [1.29, 1.82) is 0 Å². The summed E-state index contributed by atoms with van der Waals surface area (Å²) < 4.78 is 0. The summed E-state index contributed by atoms with van der Waals surface area (Å²) in [6.07, 6.45) is 0. The van der Waals surface area contributed by atoms with Gasteiger partial charge in [0.15, 0.2) is 0 Å². The van der Waals surface area contributed by atoms with Gasteiger partial charge in [0.05, 0.1) is 10.0 Å². The van der Waals surface area contributed by atoms with E-state index in [0.29, 0.717) is 27.8 Å². The number of halogens is 2. The Morgan fingerprint density at radius 1 is 1.04 bits per heavy atom. The standard InChI is InChI=1S/C17H16Cl2N2O2/c1-11(22)20-14-6-4-13(5-7-14)17(23)21(2)10-12-3-8-15(18)16(19)9-12/h3-9H,10H2,1-2H3,(H,20,22). The summed E-state index contributed by atoms with van der Waals surface area (Å²) >= 11 is 11.9. The average Bonchev–Trinajstić information content (AvgIpc) is 2.50. The summed E-state index contributed by atoms with van der Waals surface area (Å²) in [5, 5.41) is 3.61. The highest BCUT2D eigenvalue weighted by Crippen LogP contribution is 2.23. The van der Waals surface area contributed by atoms with Gasteiger partial charge in [-0.1, -0.05) is 29.3 Å². The number of nitrogens with one attached hydrogen (secondary N) is 1. The van der Waals surface area contributed by atoms with Crippen molar-refractivity contribution in [3.63, 3.8) is 0 Å². The van der Waals surface area contributed by atoms with Gasteiger partial charge in [-0.2, -0.15) is 0 Å². The zero-order valence-corrected chi connectivity index (χ0v) is 14.3. The highest BCUT2D eigenvalue weighted by atomic mass is 35.5. The van der Waals surface area contributed by atoms with Gasteiger partial charge < -0.3 is 10.2 Å². The van der Waals surface area contributed by atoms with Crippen molar-refractivity contribution in [2.24, 2.45) is 0 Å². The lowest BCUT2D eigenvalue weighted by molar-refractivity contribution is -0.114. The number of carbonyl (C=O) groups is 2. The lowest BCUT2D eigenvalue weighted by Gasteiger charge is -2.18. The molecule has 0 saturated heterocycles. The maximum Gasteiger partial charge on any atom is 0.253 e. The molecular weight excluding hydrogens is 335 g/mol.